The normalized spacial score (nSPS) is 11.9. The summed E-state index contributed by atoms with van der Waals surface area (Å²) in [5.41, 5.74) is 6.75. The van der Waals surface area contributed by atoms with E-state index < -0.39 is 0 Å². The van der Waals surface area contributed by atoms with E-state index >= 15 is 0 Å². The molecule has 2 nitrogen and oxygen atoms in total. The molecule has 0 aliphatic rings. The van der Waals surface area contributed by atoms with Gasteiger partial charge in [0.25, 0.3) is 0 Å². The molecule has 2 heterocycles. The average molecular weight is 347 g/mol. The van der Waals surface area contributed by atoms with Crippen LogP contribution in [0.1, 0.15) is 5.56 Å². The van der Waals surface area contributed by atoms with Gasteiger partial charge in [0.1, 0.15) is 11.2 Å². The molecule has 128 valence electrons. The second-order valence-corrected chi connectivity index (χ2v) is 7.15. The molecule has 0 saturated heterocycles. The van der Waals surface area contributed by atoms with Crippen LogP contribution < -0.4 is 0 Å². The second-order valence-electron chi connectivity index (χ2n) is 7.15. The molecule has 0 radical (unpaired) electrons. The summed E-state index contributed by atoms with van der Waals surface area (Å²) in [5, 5.41) is 4.79. The fourth-order valence-electron chi connectivity index (χ4n) is 4.16. The van der Waals surface area contributed by atoms with Gasteiger partial charge in [-0.15, -0.1) is 0 Å². The predicted molar refractivity (Wildman–Crippen MR) is 113 cm³/mol. The molecule has 0 bridgehead atoms. The number of aryl methyl sites for hydroxylation is 1. The van der Waals surface area contributed by atoms with Gasteiger partial charge in [0.2, 0.25) is 0 Å². The van der Waals surface area contributed by atoms with E-state index in [0.717, 1.165) is 21.9 Å². The molecule has 2 aromatic heterocycles. The van der Waals surface area contributed by atoms with Crippen molar-refractivity contribution in [2.24, 2.45) is 0 Å². The zero-order valence-corrected chi connectivity index (χ0v) is 14.9. The van der Waals surface area contributed by atoms with Crippen LogP contribution in [-0.2, 0) is 0 Å². The van der Waals surface area contributed by atoms with Crippen LogP contribution in [0.2, 0.25) is 0 Å². The van der Waals surface area contributed by atoms with Crippen LogP contribution in [-0.4, -0.2) is 4.57 Å². The zero-order valence-electron chi connectivity index (χ0n) is 14.9. The fourth-order valence-corrected chi connectivity index (χ4v) is 4.16. The van der Waals surface area contributed by atoms with Gasteiger partial charge < -0.3 is 8.98 Å². The first-order chi connectivity index (χ1) is 13.3. The quantitative estimate of drug-likeness (QED) is 0.313. The van der Waals surface area contributed by atoms with Gasteiger partial charge in [0, 0.05) is 27.2 Å². The molecule has 27 heavy (non-hydrogen) atoms. The summed E-state index contributed by atoms with van der Waals surface area (Å²) in [6, 6.07) is 30.0. The van der Waals surface area contributed by atoms with Gasteiger partial charge in [0.15, 0.2) is 0 Å². The van der Waals surface area contributed by atoms with E-state index in [0.29, 0.717) is 0 Å². The SMILES string of the molecule is Cc1ccc(-n2c3ccccc3c3cc4oc5ccccc5c4cc32)cc1. The summed E-state index contributed by atoms with van der Waals surface area (Å²) in [6.45, 7) is 2.12. The van der Waals surface area contributed by atoms with E-state index in [1.165, 1.54) is 33.1 Å². The van der Waals surface area contributed by atoms with Crippen molar-refractivity contribution in [3.8, 4) is 5.69 Å². The molecule has 0 N–H and O–H groups in total. The molecule has 0 saturated carbocycles. The van der Waals surface area contributed by atoms with Crippen LogP contribution in [0.25, 0.3) is 49.4 Å². The summed E-state index contributed by atoms with van der Waals surface area (Å²) in [6.07, 6.45) is 0. The van der Waals surface area contributed by atoms with E-state index in [-0.39, 0.29) is 0 Å². The minimum atomic E-state index is 0.936. The molecule has 2 heteroatoms. The predicted octanol–water partition coefficient (Wildman–Crippen LogP) is 6.99. The van der Waals surface area contributed by atoms with Gasteiger partial charge in [0.05, 0.1) is 11.0 Å². The first-order valence-corrected chi connectivity index (χ1v) is 9.21. The lowest BCUT2D eigenvalue weighted by Gasteiger charge is -2.08. The van der Waals surface area contributed by atoms with Crippen LogP contribution >= 0.6 is 0 Å². The van der Waals surface area contributed by atoms with Gasteiger partial charge in [-0.3, -0.25) is 0 Å². The Kier molecular flexibility index (Phi) is 2.84. The first kappa shape index (κ1) is 14.6. The number of hydrogen-bond acceptors (Lipinski definition) is 1. The van der Waals surface area contributed by atoms with E-state index in [1.807, 2.05) is 12.1 Å². The van der Waals surface area contributed by atoms with Gasteiger partial charge in [-0.2, -0.15) is 0 Å². The largest absolute Gasteiger partial charge is 0.456 e. The Morgan fingerprint density at radius 3 is 2.19 bits per heavy atom. The maximum absolute atomic E-state index is 6.13. The van der Waals surface area contributed by atoms with Crippen molar-refractivity contribution in [1.82, 2.24) is 4.57 Å². The van der Waals surface area contributed by atoms with Crippen LogP contribution in [0.5, 0.6) is 0 Å². The zero-order chi connectivity index (χ0) is 18.0. The van der Waals surface area contributed by atoms with E-state index in [9.17, 15) is 0 Å². The van der Waals surface area contributed by atoms with Gasteiger partial charge >= 0.3 is 0 Å². The molecule has 6 rings (SSSR count). The maximum atomic E-state index is 6.13. The van der Waals surface area contributed by atoms with Crippen LogP contribution in [0.15, 0.2) is 89.3 Å². The molecule has 0 aliphatic heterocycles. The highest BCUT2D eigenvalue weighted by Crippen LogP contribution is 2.37. The summed E-state index contributed by atoms with van der Waals surface area (Å²) >= 11 is 0. The average Bonchev–Trinajstić information content (AvgIpc) is 3.22. The Labute approximate surface area is 156 Å². The lowest BCUT2D eigenvalue weighted by Crippen LogP contribution is -1.93. The van der Waals surface area contributed by atoms with E-state index in [4.69, 9.17) is 4.42 Å². The monoisotopic (exact) mass is 347 g/mol. The minimum Gasteiger partial charge on any atom is -0.456 e. The van der Waals surface area contributed by atoms with Crippen molar-refractivity contribution < 1.29 is 4.42 Å². The summed E-state index contributed by atoms with van der Waals surface area (Å²) in [7, 11) is 0. The molecule has 0 unspecified atom stereocenters. The van der Waals surface area contributed by atoms with Crippen molar-refractivity contribution in [3.63, 3.8) is 0 Å². The molecular weight excluding hydrogens is 330 g/mol. The van der Waals surface area contributed by atoms with E-state index in [2.05, 4.69) is 84.3 Å². The minimum absolute atomic E-state index is 0.936. The third kappa shape index (κ3) is 2.01. The molecule has 0 fully saturated rings. The summed E-state index contributed by atoms with van der Waals surface area (Å²) in [5.74, 6) is 0. The second kappa shape index (κ2) is 5.24. The number of rotatable bonds is 1. The number of hydrogen-bond donors (Lipinski definition) is 0. The van der Waals surface area contributed by atoms with Gasteiger partial charge in [-0.05, 0) is 43.3 Å². The Bertz CT molecular complexity index is 1470. The Balaban J connectivity index is 1.82. The molecule has 6 aromatic rings. The van der Waals surface area contributed by atoms with Crippen LogP contribution in [0.3, 0.4) is 0 Å². The van der Waals surface area contributed by atoms with Crippen molar-refractivity contribution in [2.75, 3.05) is 0 Å². The third-order valence-corrected chi connectivity index (χ3v) is 5.46. The highest BCUT2D eigenvalue weighted by molar-refractivity contribution is 6.17. The van der Waals surface area contributed by atoms with Crippen molar-refractivity contribution >= 4 is 43.7 Å². The number of benzene rings is 4. The molecule has 0 atom stereocenters. The smallest absolute Gasteiger partial charge is 0.136 e. The van der Waals surface area contributed by atoms with Gasteiger partial charge in [-0.1, -0.05) is 54.1 Å². The molecule has 0 spiro atoms. The number of nitrogens with zero attached hydrogens (tertiary/aromatic N) is 1. The number of fused-ring (bicyclic) bond motifs is 6. The fraction of sp³-hybridized carbons (Fsp3) is 0.0400. The van der Waals surface area contributed by atoms with Crippen molar-refractivity contribution in [2.45, 2.75) is 6.92 Å². The third-order valence-electron chi connectivity index (χ3n) is 5.46. The number of aromatic nitrogens is 1. The van der Waals surface area contributed by atoms with Crippen LogP contribution in [0, 0.1) is 6.92 Å². The standard InChI is InChI=1S/C25H17NO/c1-16-10-12-17(13-11-16)26-22-8-4-2-6-18(22)20-15-25-21(14-23(20)26)19-7-3-5-9-24(19)27-25/h2-15H,1H3. The lowest BCUT2D eigenvalue weighted by atomic mass is 10.1. The van der Waals surface area contributed by atoms with E-state index in [1.54, 1.807) is 0 Å². The molecular formula is C25H17NO. The summed E-state index contributed by atoms with van der Waals surface area (Å²) in [4.78, 5) is 0. The van der Waals surface area contributed by atoms with Crippen LogP contribution in [0.4, 0.5) is 0 Å². The lowest BCUT2D eigenvalue weighted by molar-refractivity contribution is 0.669. The first-order valence-electron chi connectivity index (χ1n) is 9.21. The Morgan fingerprint density at radius 2 is 1.33 bits per heavy atom. The molecule has 0 aliphatic carbocycles. The highest BCUT2D eigenvalue weighted by atomic mass is 16.3. The number of para-hydroxylation sites is 2. The maximum Gasteiger partial charge on any atom is 0.136 e. The Hall–Kier alpha value is -3.52. The van der Waals surface area contributed by atoms with Crippen molar-refractivity contribution in [1.29, 1.82) is 0 Å². The Morgan fingerprint density at radius 1 is 0.593 bits per heavy atom. The molecule has 4 aromatic carbocycles. The number of furan rings is 1. The summed E-state index contributed by atoms with van der Waals surface area (Å²) < 4.78 is 8.48. The molecule has 0 amide bonds. The topological polar surface area (TPSA) is 18.1 Å². The van der Waals surface area contributed by atoms with Gasteiger partial charge in [-0.25, -0.2) is 0 Å². The van der Waals surface area contributed by atoms with Crippen molar-refractivity contribution in [3.05, 3.63) is 90.5 Å². The highest BCUT2D eigenvalue weighted by Gasteiger charge is 2.15.